The zero-order valence-electron chi connectivity index (χ0n) is 14.9. The maximum atomic E-state index is 12.6. The Morgan fingerprint density at radius 2 is 2.00 bits per heavy atom. The zero-order valence-corrected chi connectivity index (χ0v) is 15.7. The smallest absolute Gasteiger partial charge is 0.247 e. The first-order valence-electron chi connectivity index (χ1n) is 8.64. The van der Waals surface area contributed by atoms with Crippen molar-refractivity contribution in [2.45, 2.75) is 45.9 Å². The Kier molecular flexibility index (Phi) is 5.38. The summed E-state index contributed by atoms with van der Waals surface area (Å²) >= 11 is 0. The molecule has 2 heterocycles. The van der Waals surface area contributed by atoms with Crippen LogP contribution >= 0.6 is 0 Å². The summed E-state index contributed by atoms with van der Waals surface area (Å²) in [6, 6.07) is 9.30. The van der Waals surface area contributed by atoms with Crippen molar-refractivity contribution in [2.24, 2.45) is 0 Å². The van der Waals surface area contributed by atoms with Gasteiger partial charge in [-0.15, -0.1) is 5.10 Å². The lowest BCUT2D eigenvalue weighted by Gasteiger charge is -2.31. The second-order valence-electron chi connectivity index (χ2n) is 6.42. The Morgan fingerprint density at radius 3 is 2.69 bits per heavy atom. The van der Waals surface area contributed by atoms with Crippen LogP contribution in [0.5, 0.6) is 0 Å². The van der Waals surface area contributed by atoms with E-state index < -0.39 is 16.1 Å². The van der Waals surface area contributed by atoms with E-state index in [0.29, 0.717) is 25.2 Å². The van der Waals surface area contributed by atoms with Gasteiger partial charge in [0.25, 0.3) is 0 Å². The van der Waals surface area contributed by atoms with E-state index in [2.05, 4.69) is 15.0 Å². The molecule has 1 aromatic carbocycles. The zero-order chi connectivity index (χ0) is 18.7. The average molecular weight is 377 g/mol. The van der Waals surface area contributed by atoms with Gasteiger partial charge in [-0.1, -0.05) is 42.5 Å². The second-order valence-corrected chi connectivity index (χ2v) is 8.35. The van der Waals surface area contributed by atoms with Crippen LogP contribution in [0.15, 0.2) is 30.3 Å². The van der Waals surface area contributed by atoms with Gasteiger partial charge < -0.3 is 4.90 Å². The van der Waals surface area contributed by atoms with Crippen molar-refractivity contribution in [2.75, 3.05) is 5.75 Å². The van der Waals surface area contributed by atoms with Gasteiger partial charge in [0.15, 0.2) is 0 Å². The van der Waals surface area contributed by atoms with E-state index in [0.717, 1.165) is 11.3 Å². The number of nitrogens with one attached hydrogen (secondary N) is 1. The number of amides is 1. The standard InChI is InChI=1S/C17H23N5O3S/c1-3-9-26(24,25)18-10-15-16-12-21(11-14-7-5-4-6-8-14)17(23)13(2)22(16)20-19-15/h4-8,13,18H,3,9-12H2,1-2H3. The Hall–Kier alpha value is -2.26. The minimum absolute atomic E-state index is 0.0237. The molecule has 1 amide bonds. The van der Waals surface area contributed by atoms with Crippen molar-refractivity contribution >= 4 is 15.9 Å². The second kappa shape index (κ2) is 7.55. The highest BCUT2D eigenvalue weighted by Crippen LogP contribution is 2.24. The van der Waals surface area contributed by atoms with Crippen LogP contribution in [0, 0.1) is 0 Å². The molecular formula is C17H23N5O3S. The molecule has 0 saturated heterocycles. The molecule has 1 N–H and O–H groups in total. The predicted octanol–water partition coefficient (Wildman–Crippen LogP) is 1.21. The molecule has 0 spiro atoms. The number of carbonyl (C=O) groups excluding carboxylic acids is 1. The summed E-state index contributed by atoms with van der Waals surface area (Å²) in [5.41, 5.74) is 2.37. The maximum Gasteiger partial charge on any atom is 0.247 e. The molecule has 26 heavy (non-hydrogen) atoms. The minimum atomic E-state index is -3.33. The molecule has 140 valence electrons. The number of rotatable bonds is 7. The van der Waals surface area contributed by atoms with E-state index in [1.54, 1.807) is 16.5 Å². The molecule has 1 atom stereocenters. The highest BCUT2D eigenvalue weighted by Gasteiger charge is 2.33. The van der Waals surface area contributed by atoms with E-state index in [4.69, 9.17) is 0 Å². The van der Waals surface area contributed by atoms with E-state index in [9.17, 15) is 13.2 Å². The third-order valence-corrected chi connectivity index (χ3v) is 5.93. The van der Waals surface area contributed by atoms with Crippen molar-refractivity contribution in [1.82, 2.24) is 24.6 Å². The van der Waals surface area contributed by atoms with Crippen LogP contribution in [0.2, 0.25) is 0 Å². The molecule has 1 unspecified atom stereocenters. The molecular weight excluding hydrogens is 354 g/mol. The first kappa shape index (κ1) is 18.5. The van der Waals surface area contributed by atoms with Crippen molar-refractivity contribution < 1.29 is 13.2 Å². The topological polar surface area (TPSA) is 97.2 Å². The summed E-state index contributed by atoms with van der Waals surface area (Å²) in [7, 11) is -3.33. The number of carbonyl (C=O) groups is 1. The van der Waals surface area contributed by atoms with Gasteiger partial charge in [0.2, 0.25) is 15.9 Å². The fraction of sp³-hybridized carbons (Fsp3) is 0.471. The maximum absolute atomic E-state index is 12.6. The number of benzene rings is 1. The number of fused-ring (bicyclic) bond motifs is 1. The first-order chi connectivity index (χ1) is 12.4. The molecule has 9 heteroatoms. The molecule has 0 radical (unpaired) electrons. The molecule has 2 aromatic rings. The van der Waals surface area contributed by atoms with Crippen molar-refractivity contribution in [3.8, 4) is 0 Å². The van der Waals surface area contributed by atoms with Gasteiger partial charge in [-0.25, -0.2) is 17.8 Å². The van der Waals surface area contributed by atoms with Gasteiger partial charge in [0, 0.05) is 6.54 Å². The predicted molar refractivity (Wildman–Crippen MR) is 96.3 cm³/mol. The van der Waals surface area contributed by atoms with Crippen LogP contribution in [0.3, 0.4) is 0 Å². The highest BCUT2D eigenvalue weighted by atomic mass is 32.2. The summed E-state index contributed by atoms with van der Waals surface area (Å²) in [6.07, 6.45) is 0.547. The Labute approximate surface area is 153 Å². The van der Waals surface area contributed by atoms with Gasteiger partial charge in [-0.3, -0.25) is 4.79 Å². The fourth-order valence-corrected chi connectivity index (χ4v) is 4.08. The van der Waals surface area contributed by atoms with Crippen LogP contribution in [-0.2, 0) is 34.5 Å². The summed E-state index contributed by atoms with van der Waals surface area (Å²) in [5, 5.41) is 8.16. The van der Waals surface area contributed by atoms with Crippen LogP contribution in [-0.4, -0.2) is 40.0 Å². The molecule has 1 aliphatic rings. The number of hydrogen-bond donors (Lipinski definition) is 1. The lowest BCUT2D eigenvalue weighted by atomic mass is 10.1. The molecule has 1 aliphatic heterocycles. The Balaban J connectivity index is 1.79. The fourth-order valence-electron chi connectivity index (χ4n) is 3.04. The molecule has 8 nitrogen and oxygen atoms in total. The average Bonchev–Trinajstić information content (AvgIpc) is 3.02. The molecule has 1 aromatic heterocycles. The van der Waals surface area contributed by atoms with Gasteiger partial charge >= 0.3 is 0 Å². The number of hydrogen-bond acceptors (Lipinski definition) is 5. The normalized spacial score (nSPS) is 17.4. The van der Waals surface area contributed by atoms with Crippen molar-refractivity contribution in [3.63, 3.8) is 0 Å². The summed E-state index contributed by atoms with van der Waals surface area (Å²) in [4.78, 5) is 14.4. The molecule has 0 fully saturated rings. The minimum Gasteiger partial charge on any atom is -0.331 e. The van der Waals surface area contributed by atoms with Crippen LogP contribution in [0.4, 0.5) is 0 Å². The lowest BCUT2D eigenvalue weighted by molar-refractivity contribution is -0.138. The van der Waals surface area contributed by atoms with Gasteiger partial charge in [0.1, 0.15) is 11.7 Å². The Bertz CT molecular complexity index is 879. The van der Waals surface area contributed by atoms with E-state index >= 15 is 0 Å². The molecule has 0 saturated carbocycles. The molecule has 3 rings (SSSR count). The van der Waals surface area contributed by atoms with E-state index in [-0.39, 0.29) is 18.2 Å². The third kappa shape index (κ3) is 3.94. The number of aromatic nitrogens is 3. The molecule has 0 aliphatic carbocycles. The number of sulfonamides is 1. The SMILES string of the molecule is CCCS(=O)(=O)NCc1nnn2c1CN(Cc1ccccc1)C(=O)C2C. The van der Waals surface area contributed by atoms with Gasteiger partial charge in [-0.2, -0.15) is 0 Å². The quantitative estimate of drug-likeness (QED) is 0.782. The van der Waals surface area contributed by atoms with Gasteiger partial charge in [-0.05, 0) is 18.9 Å². The van der Waals surface area contributed by atoms with Crippen LogP contribution < -0.4 is 4.72 Å². The summed E-state index contributed by atoms with van der Waals surface area (Å²) in [5.74, 6) is 0.0512. The van der Waals surface area contributed by atoms with Crippen molar-refractivity contribution in [1.29, 1.82) is 0 Å². The summed E-state index contributed by atoms with van der Waals surface area (Å²) < 4.78 is 27.9. The van der Waals surface area contributed by atoms with Crippen LogP contribution in [0.1, 0.15) is 43.3 Å². The lowest BCUT2D eigenvalue weighted by Crippen LogP contribution is -2.41. The monoisotopic (exact) mass is 377 g/mol. The largest absolute Gasteiger partial charge is 0.331 e. The highest BCUT2D eigenvalue weighted by molar-refractivity contribution is 7.89. The summed E-state index contributed by atoms with van der Waals surface area (Å²) in [6.45, 7) is 4.53. The Morgan fingerprint density at radius 1 is 1.27 bits per heavy atom. The van der Waals surface area contributed by atoms with Gasteiger partial charge in [0.05, 0.1) is 24.5 Å². The van der Waals surface area contributed by atoms with Crippen molar-refractivity contribution in [3.05, 3.63) is 47.3 Å². The first-order valence-corrected chi connectivity index (χ1v) is 10.3. The molecule has 0 bridgehead atoms. The van der Waals surface area contributed by atoms with E-state index in [1.807, 2.05) is 37.3 Å². The third-order valence-electron chi connectivity index (χ3n) is 4.40. The van der Waals surface area contributed by atoms with Crippen LogP contribution in [0.25, 0.3) is 0 Å². The van der Waals surface area contributed by atoms with E-state index in [1.165, 1.54) is 0 Å². The number of nitrogens with zero attached hydrogens (tertiary/aromatic N) is 4.